The summed E-state index contributed by atoms with van der Waals surface area (Å²) in [5.74, 6) is -0.202. The van der Waals surface area contributed by atoms with Crippen LogP contribution in [0.15, 0.2) is 24.3 Å². The zero-order chi connectivity index (χ0) is 15.8. The van der Waals surface area contributed by atoms with Gasteiger partial charge in [0.25, 0.3) is 0 Å². The van der Waals surface area contributed by atoms with E-state index in [0.29, 0.717) is 15.7 Å². The third-order valence-corrected chi connectivity index (χ3v) is 3.27. The van der Waals surface area contributed by atoms with Crippen LogP contribution in [0.5, 0.6) is 0 Å². The number of rotatable bonds is 7. The molecule has 1 unspecified atom stereocenters. The van der Waals surface area contributed by atoms with E-state index in [1.165, 1.54) is 7.11 Å². The lowest BCUT2D eigenvalue weighted by atomic mass is 10.1. The molecule has 1 aromatic carbocycles. The van der Waals surface area contributed by atoms with Crippen molar-refractivity contribution in [2.45, 2.75) is 19.4 Å². The highest BCUT2D eigenvalue weighted by Gasteiger charge is 2.07. The lowest BCUT2D eigenvalue weighted by Crippen LogP contribution is -2.30. The highest BCUT2D eigenvalue weighted by atomic mass is 35.5. The molecule has 3 N–H and O–H groups in total. The standard InChI is InChI=1S/C14H18Cl2N2O3/c1-9(19)8-17-14(20)6-5-13(18-21-2)10-3-4-11(15)12(16)7-10/h3-5,7,9,18-19H,6,8H2,1-2H3,(H,17,20). The van der Waals surface area contributed by atoms with Gasteiger partial charge in [-0.2, -0.15) is 0 Å². The topological polar surface area (TPSA) is 70.6 Å². The molecule has 0 aliphatic rings. The molecule has 5 nitrogen and oxygen atoms in total. The van der Waals surface area contributed by atoms with E-state index in [9.17, 15) is 4.79 Å². The molecule has 0 aromatic heterocycles. The molecule has 1 atom stereocenters. The normalized spacial score (nSPS) is 12.9. The smallest absolute Gasteiger partial charge is 0.223 e. The van der Waals surface area contributed by atoms with Gasteiger partial charge in [0.2, 0.25) is 5.91 Å². The number of benzene rings is 1. The SMILES string of the molecule is CONC(=CCC(=O)NCC(C)O)c1ccc(Cl)c(Cl)c1. The zero-order valence-electron chi connectivity index (χ0n) is 11.8. The van der Waals surface area contributed by atoms with Crippen LogP contribution >= 0.6 is 23.2 Å². The Labute approximate surface area is 133 Å². The minimum Gasteiger partial charge on any atom is -0.392 e. The first-order chi connectivity index (χ1) is 9.93. The molecule has 21 heavy (non-hydrogen) atoms. The van der Waals surface area contributed by atoms with Gasteiger partial charge >= 0.3 is 0 Å². The molecule has 0 spiro atoms. The molecule has 1 aromatic rings. The van der Waals surface area contributed by atoms with Gasteiger partial charge in [-0.1, -0.05) is 29.3 Å². The van der Waals surface area contributed by atoms with Gasteiger partial charge in [-0.15, -0.1) is 0 Å². The number of halogens is 2. The molecule has 1 rings (SSSR count). The van der Waals surface area contributed by atoms with Gasteiger partial charge < -0.3 is 10.4 Å². The predicted octanol–water partition coefficient (Wildman–Crippen LogP) is 2.37. The second-order valence-electron chi connectivity index (χ2n) is 4.41. The molecule has 7 heteroatoms. The van der Waals surface area contributed by atoms with Crippen molar-refractivity contribution in [1.82, 2.24) is 10.8 Å². The Hall–Kier alpha value is -1.27. The Kier molecular flexibility index (Phi) is 7.53. The van der Waals surface area contributed by atoms with Gasteiger partial charge in [0.1, 0.15) is 0 Å². The van der Waals surface area contributed by atoms with Crippen molar-refractivity contribution in [3.63, 3.8) is 0 Å². The summed E-state index contributed by atoms with van der Waals surface area (Å²) in [6.07, 6.45) is 1.23. The van der Waals surface area contributed by atoms with Crippen molar-refractivity contribution in [3.8, 4) is 0 Å². The quantitative estimate of drug-likeness (QED) is 0.670. The summed E-state index contributed by atoms with van der Waals surface area (Å²) in [5, 5.41) is 12.6. The molecule has 0 saturated heterocycles. The summed E-state index contributed by atoms with van der Waals surface area (Å²) in [7, 11) is 1.47. The molecule has 0 aliphatic carbocycles. The van der Waals surface area contributed by atoms with E-state index in [0.717, 1.165) is 5.56 Å². The fourth-order valence-corrected chi connectivity index (χ4v) is 1.82. The number of carbonyl (C=O) groups is 1. The molecular formula is C14H18Cl2N2O3. The number of hydrogen-bond donors (Lipinski definition) is 3. The van der Waals surface area contributed by atoms with Crippen molar-refractivity contribution in [1.29, 1.82) is 0 Å². The van der Waals surface area contributed by atoms with Crippen LogP contribution in [0.3, 0.4) is 0 Å². The molecule has 0 saturated carbocycles. The summed E-state index contributed by atoms with van der Waals surface area (Å²) in [5.41, 5.74) is 4.04. The van der Waals surface area contributed by atoms with Crippen molar-refractivity contribution >= 4 is 34.8 Å². The maximum absolute atomic E-state index is 11.6. The van der Waals surface area contributed by atoms with Crippen molar-refractivity contribution < 1.29 is 14.7 Å². The lowest BCUT2D eigenvalue weighted by molar-refractivity contribution is -0.120. The van der Waals surface area contributed by atoms with Gasteiger partial charge in [-0.25, -0.2) is 0 Å². The zero-order valence-corrected chi connectivity index (χ0v) is 13.3. The van der Waals surface area contributed by atoms with Crippen LogP contribution in [0.25, 0.3) is 5.70 Å². The lowest BCUT2D eigenvalue weighted by Gasteiger charge is -2.11. The van der Waals surface area contributed by atoms with E-state index < -0.39 is 6.10 Å². The minimum atomic E-state index is -0.579. The fraction of sp³-hybridized carbons (Fsp3) is 0.357. The molecule has 1 amide bonds. The highest BCUT2D eigenvalue weighted by Crippen LogP contribution is 2.25. The van der Waals surface area contributed by atoms with Crippen molar-refractivity contribution in [3.05, 3.63) is 39.9 Å². The van der Waals surface area contributed by atoms with E-state index >= 15 is 0 Å². The predicted molar refractivity (Wildman–Crippen MR) is 83.9 cm³/mol. The first-order valence-electron chi connectivity index (χ1n) is 6.33. The number of amides is 1. The number of carbonyl (C=O) groups excluding carboxylic acids is 1. The largest absolute Gasteiger partial charge is 0.392 e. The summed E-state index contributed by atoms with van der Waals surface area (Å²) in [6.45, 7) is 1.82. The average molecular weight is 333 g/mol. The fourth-order valence-electron chi connectivity index (χ4n) is 1.52. The maximum atomic E-state index is 11.6. The number of hydrogen-bond acceptors (Lipinski definition) is 4. The maximum Gasteiger partial charge on any atom is 0.223 e. The number of hydroxylamine groups is 1. The first-order valence-corrected chi connectivity index (χ1v) is 7.09. The number of nitrogens with one attached hydrogen (secondary N) is 2. The van der Waals surface area contributed by atoms with Crippen LogP contribution in [0.2, 0.25) is 10.0 Å². The van der Waals surface area contributed by atoms with E-state index in [-0.39, 0.29) is 18.9 Å². The Bertz CT molecular complexity index is 519. The van der Waals surface area contributed by atoms with Crippen molar-refractivity contribution in [2.75, 3.05) is 13.7 Å². The second-order valence-corrected chi connectivity index (χ2v) is 5.22. The molecule has 0 heterocycles. The van der Waals surface area contributed by atoms with E-state index in [2.05, 4.69) is 10.8 Å². The molecule has 0 fully saturated rings. The Morgan fingerprint density at radius 2 is 2.14 bits per heavy atom. The monoisotopic (exact) mass is 332 g/mol. The third-order valence-electron chi connectivity index (χ3n) is 2.53. The van der Waals surface area contributed by atoms with Crippen LogP contribution < -0.4 is 10.8 Å². The molecule has 116 valence electrons. The van der Waals surface area contributed by atoms with Gasteiger partial charge in [0.05, 0.1) is 29.0 Å². The Morgan fingerprint density at radius 1 is 1.43 bits per heavy atom. The minimum absolute atomic E-state index is 0.138. The van der Waals surface area contributed by atoms with Gasteiger partial charge in [-0.05, 0) is 25.1 Å². The Morgan fingerprint density at radius 3 is 2.71 bits per heavy atom. The second kappa shape index (κ2) is 8.89. The van der Waals surface area contributed by atoms with Gasteiger partial charge in [-0.3, -0.25) is 15.1 Å². The summed E-state index contributed by atoms with van der Waals surface area (Å²) < 4.78 is 0. The molecule has 0 bridgehead atoms. The van der Waals surface area contributed by atoms with E-state index in [1.807, 2.05) is 0 Å². The van der Waals surface area contributed by atoms with Crippen LogP contribution in [-0.2, 0) is 9.63 Å². The van der Waals surface area contributed by atoms with Crippen LogP contribution in [0.1, 0.15) is 18.9 Å². The number of aliphatic hydroxyl groups excluding tert-OH is 1. The van der Waals surface area contributed by atoms with Crippen LogP contribution in [-0.4, -0.2) is 30.8 Å². The van der Waals surface area contributed by atoms with Crippen LogP contribution in [0.4, 0.5) is 0 Å². The average Bonchev–Trinajstić information content (AvgIpc) is 2.44. The summed E-state index contributed by atoms with van der Waals surface area (Å²) >= 11 is 11.8. The molecule has 0 radical (unpaired) electrons. The van der Waals surface area contributed by atoms with Crippen molar-refractivity contribution in [2.24, 2.45) is 0 Å². The van der Waals surface area contributed by atoms with E-state index in [1.54, 1.807) is 31.2 Å². The Balaban J connectivity index is 2.78. The third kappa shape index (κ3) is 6.35. The highest BCUT2D eigenvalue weighted by molar-refractivity contribution is 6.42. The summed E-state index contributed by atoms with van der Waals surface area (Å²) in [4.78, 5) is 16.5. The van der Waals surface area contributed by atoms with E-state index in [4.69, 9.17) is 33.1 Å². The molecule has 0 aliphatic heterocycles. The van der Waals surface area contributed by atoms with Gasteiger partial charge in [0.15, 0.2) is 0 Å². The van der Waals surface area contributed by atoms with Crippen LogP contribution in [0, 0.1) is 0 Å². The first kappa shape index (κ1) is 17.8. The van der Waals surface area contributed by atoms with Gasteiger partial charge in [0, 0.05) is 18.5 Å². The number of aliphatic hydroxyl groups is 1. The molecular weight excluding hydrogens is 315 g/mol. The summed E-state index contributed by atoms with van der Waals surface area (Å²) in [6, 6.07) is 5.10.